The van der Waals surface area contributed by atoms with Crippen LogP contribution in [-0.2, 0) is 4.74 Å². The largest absolute Gasteiger partial charge is 0.384 e. The topological polar surface area (TPSA) is 49.8 Å². The summed E-state index contributed by atoms with van der Waals surface area (Å²) in [5.74, 6) is 5.31. The molecule has 4 nitrogen and oxygen atoms in total. The van der Waals surface area contributed by atoms with Gasteiger partial charge in [0.15, 0.2) is 0 Å². The summed E-state index contributed by atoms with van der Waals surface area (Å²) in [6.07, 6.45) is 0.171. The van der Waals surface area contributed by atoms with Crippen molar-refractivity contribution in [2.45, 2.75) is 20.0 Å². The molecule has 0 radical (unpaired) electrons. The van der Waals surface area contributed by atoms with Gasteiger partial charge in [-0.1, -0.05) is 11.8 Å². The van der Waals surface area contributed by atoms with Crippen molar-refractivity contribution in [3.63, 3.8) is 0 Å². The Kier molecular flexibility index (Phi) is 6.57. The van der Waals surface area contributed by atoms with Gasteiger partial charge in [0.2, 0.25) is 0 Å². The summed E-state index contributed by atoms with van der Waals surface area (Å²) in [5.41, 5.74) is 0.624. The van der Waals surface area contributed by atoms with Crippen LogP contribution in [0.25, 0.3) is 0 Å². The zero-order valence-corrected chi connectivity index (χ0v) is 12.3. The predicted octanol–water partition coefficient (Wildman–Crippen LogP) is 1.59. The molecule has 1 rings (SSSR count). The van der Waals surface area contributed by atoms with Crippen molar-refractivity contribution in [1.29, 1.82) is 0 Å². The van der Waals surface area contributed by atoms with Crippen molar-refractivity contribution in [3.05, 3.63) is 21.9 Å². The molecule has 1 amide bonds. The fraction of sp³-hybridized carbons (Fsp3) is 0.500. The van der Waals surface area contributed by atoms with E-state index in [9.17, 15) is 4.79 Å². The number of likely N-dealkylation sites (N-methyl/N-ethyl adjacent to an activating group) is 1. The molecule has 0 aliphatic rings. The zero-order chi connectivity index (χ0) is 14.3. The highest BCUT2D eigenvalue weighted by Crippen LogP contribution is 2.15. The van der Waals surface area contributed by atoms with Gasteiger partial charge in [0.25, 0.3) is 5.91 Å². The Bertz CT molecular complexity index is 471. The molecule has 0 aliphatic heterocycles. The lowest BCUT2D eigenvalue weighted by molar-refractivity contribution is 0.0532. The number of aliphatic hydroxyl groups is 1. The van der Waals surface area contributed by atoms with Gasteiger partial charge in [0, 0.05) is 19.0 Å². The van der Waals surface area contributed by atoms with E-state index in [0.29, 0.717) is 18.7 Å². The van der Waals surface area contributed by atoms with Gasteiger partial charge < -0.3 is 14.7 Å². The molecule has 0 aliphatic carbocycles. The standard InChI is InChI=1S/C14H19NO3S/c1-11(2)18-8-6-15(3)14(17)12-9-13(19-10-12)5-4-7-16/h9-11,16H,6-8H2,1-3H3. The molecule has 0 atom stereocenters. The average Bonchev–Trinajstić information content (AvgIpc) is 2.83. The van der Waals surface area contributed by atoms with Gasteiger partial charge in [-0.15, -0.1) is 11.3 Å². The Labute approximate surface area is 118 Å². The number of thiophene rings is 1. The molecular weight excluding hydrogens is 262 g/mol. The second-order valence-electron chi connectivity index (χ2n) is 4.31. The summed E-state index contributed by atoms with van der Waals surface area (Å²) < 4.78 is 5.42. The minimum atomic E-state index is -0.173. The first-order valence-corrected chi connectivity index (χ1v) is 6.98. The van der Waals surface area contributed by atoms with E-state index >= 15 is 0 Å². The highest BCUT2D eigenvalue weighted by molar-refractivity contribution is 7.10. The van der Waals surface area contributed by atoms with Crippen molar-refractivity contribution in [2.75, 3.05) is 26.8 Å². The van der Waals surface area contributed by atoms with Gasteiger partial charge in [-0.05, 0) is 19.9 Å². The molecule has 0 bridgehead atoms. The zero-order valence-electron chi connectivity index (χ0n) is 11.5. The number of nitrogens with zero attached hydrogens (tertiary/aromatic N) is 1. The van der Waals surface area contributed by atoms with Gasteiger partial charge in [-0.2, -0.15) is 0 Å². The van der Waals surface area contributed by atoms with Gasteiger partial charge in [0.1, 0.15) is 6.61 Å². The summed E-state index contributed by atoms with van der Waals surface area (Å²) in [4.78, 5) is 14.5. The van der Waals surface area contributed by atoms with E-state index in [1.807, 2.05) is 13.8 Å². The molecule has 0 saturated heterocycles. The SMILES string of the molecule is CC(C)OCCN(C)C(=O)c1csc(C#CCO)c1. The second-order valence-corrected chi connectivity index (χ2v) is 5.22. The molecule has 104 valence electrons. The summed E-state index contributed by atoms with van der Waals surface area (Å²) in [7, 11) is 1.75. The van der Waals surface area contributed by atoms with Crippen molar-refractivity contribution in [2.24, 2.45) is 0 Å². The van der Waals surface area contributed by atoms with Gasteiger partial charge >= 0.3 is 0 Å². The smallest absolute Gasteiger partial charge is 0.254 e. The van der Waals surface area contributed by atoms with Crippen LogP contribution < -0.4 is 0 Å². The monoisotopic (exact) mass is 281 g/mol. The second kappa shape index (κ2) is 7.95. The van der Waals surface area contributed by atoms with Crippen LogP contribution >= 0.6 is 11.3 Å². The van der Waals surface area contributed by atoms with Gasteiger partial charge in [-0.3, -0.25) is 4.79 Å². The molecule has 0 fully saturated rings. The van der Waals surface area contributed by atoms with Crippen molar-refractivity contribution in [1.82, 2.24) is 4.90 Å². The maximum absolute atomic E-state index is 12.1. The number of ether oxygens (including phenoxy) is 1. The first-order valence-electron chi connectivity index (χ1n) is 6.10. The number of aliphatic hydroxyl groups excluding tert-OH is 1. The van der Waals surface area contributed by atoms with Crippen LogP contribution in [0.5, 0.6) is 0 Å². The minimum Gasteiger partial charge on any atom is -0.384 e. The lowest BCUT2D eigenvalue weighted by Crippen LogP contribution is -2.30. The van der Waals surface area contributed by atoms with E-state index in [0.717, 1.165) is 4.88 Å². The first-order chi connectivity index (χ1) is 9.04. The Balaban J connectivity index is 2.54. The minimum absolute atomic E-state index is 0.0411. The lowest BCUT2D eigenvalue weighted by Gasteiger charge is -2.17. The fourth-order valence-corrected chi connectivity index (χ4v) is 2.14. The Morgan fingerprint density at radius 1 is 1.58 bits per heavy atom. The van der Waals surface area contributed by atoms with Crippen LogP contribution in [-0.4, -0.2) is 48.8 Å². The molecule has 0 aromatic carbocycles. The highest BCUT2D eigenvalue weighted by Gasteiger charge is 2.13. The highest BCUT2D eigenvalue weighted by atomic mass is 32.1. The van der Waals surface area contributed by atoms with Crippen molar-refractivity contribution in [3.8, 4) is 11.8 Å². The predicted molar refractivity (Wildman–Crippen MR) is 76.3 cm³/mol. The fourth-order valence-electron chi connectivity index (χ4n) is 1.39. The number of carbonyl (C=O) groups is 1. The average molecular weight is 281 g/mol. The third-order valence-electron chi connectivity index (χ3n) is 2.36. The summed E-state index contributed by atoms with van der Waals surface area (Å²) >= 11 is 1.40. The molecule has 1 aromatic heterocycles. The van der Waals surface area contributed by atoms with E-state index in [4.69, 9.17) is 9.84 Å². The van der Waals surface area contributed by atoms with E-state index in [2.05, 4.69) is 11.8 Å². The van der Waals surface area contributed by atoms with E-state index in [1.54, 1.807) is 23.4 Å². The van der Waals surface area contributed by atoms with Crippen molar-refractivity contribution >= 4 is 17.2 Å². The molecule has 1 N–H and O–H groups in total. The quantitative estimate of drug-likeness (QED) is 0.834. The molecule has 1 heterocycles. The first kappa shape index (κ1) is 15.7. The molecular formula is C14H19NO3S. The van der Waals surface area contributed by atoms with Crippen LogP contribution in [0.3, 0.4) is 0 Å². The van der Waals surface area contributed by atoms with Crippen LogP contribution in [0.4, 0.5) is 0 Å². The molecule has 5 heteroatoms. The van der Waals surface area contributed by atoms with E-state index in [-0.39, 0.29) is 18.6 Å². The van der Waals surface area contributed by atoms with Gasteiger partial charge in [-0.25, -0.2) is 0 Å². The van der Waals surface area contributed by atoms with Crippen LogP contribution in [0.1, 0.15) is 29.1 Å². The summed E-state index contributed by atoms with van der Waals surface area (Å²) in [5, 5.41) is 10.4. The molecule has 1 aromatic rings. The maximum Gasteiger partial charge on any atom is 0.254 e. The Hall–Kier alpha value is -1.35. The molecule has 0 saturated carbocycles. The molecule has 0 spiro atoms. The van der Waals surface area contributed by atoms with E-state index < -0.39 is 0 Å². The number of carbonyl (C=O) groups excluding carboxylic acids is 1. The third-order valence-corrected chi connectivity index (χ3v) is 3.21. The van der Waals surface area contributed by atoms with E-state index in [1.165, 1.54) is 11.3 Å². The third kappa shape index (κ3) is 5.43. The number of amides is 1. The molecule has 19 heavy (non-hydrogen) atoms. The van der Waals surface area contributed by atoms with Gasteiger partial charge in [0.05, 0.1) is 23.2 Å². The number of hydrogen-bond acceptors (Lipinski definition) is 4. The van der Waals surface area contributed by atoms with Crippen LogP contribution in [0.2, 0.25) is 0 Å². The summed E-state index contributed by atoms with van der Waals surface area (Å²) in [6.45, 7) is 4.85. The normalized spacial score (nSPS) is 10.2. The van der Waals surface area contributed by atoms with Crippen LogP contribution in [0, 0.1) is 11.8 Å². The van der Waals surface area contributed by atoms with Crippen LogP contribution in [0.15, 0.2) is 11.4 Å². The lowest BCUT2D eigenvalue weighted by atomic mass is 10.2. The van der Waals surface area contributed by atoms with Crippen molar-refractivity contribution < 1.29 is 14.6 Å². The summed E-state index contributed by atoms with van der Waals surface area (Å²) in [6, 6.07) is 1.75. The molecule has 0 unspecified atom stereocenters. The Morgan fingerprint density at radius 2 is 2.32 bits per heavy atom. The Morgan fingerprint density at radius 3 is 2.95 bits per heavy atom. The number of rotatable bonds is 5. The maximum atomic E-state index is 12.1. The number of hydrogen-bond donors (Lipinski definition) is 1.